The maximum Gasteiger partial charge on any atom is 0.244 e. The molecule has 0 bridgehead atoms. The molecular formula is C15H25N3O4S2. The summed E-state index contributed by atoms with van der Waals surface area (Å²) in [7, 11) is -7.68. The van der Waals surface area contributed by atoms with Crippen molar-refractivity contribution in [2.75, 3.05) is 32.7 Å². The number of nitrogens with one attached hydrogen (secondary N) is 2. The molecule has 1 aromatic rings. The third-order valence-electron chi connectivity index (χ3n) is 3.84. The normalized spacial score (nSPS) is 16.5. The molecule has 7 nitrogen and oxygen atoms in total. The molecule has 1 saturated heterocycles. The van der Waals surface area contributed by atoms with E-state index < -0.39 is 20.0 Å². The SMILES string of the molecule is CCCNCCNS(=O)(=O)c1ccccc1S(=O)(=O)N1CCCC1. The Bertz CT molecular complexity index is 742. The van der Waals surface area contributed by atoms with Gasteiger partial charge >= 0.3 is 0 Å². The van der Waals surface area contributed by atoms with Gasteiger partial charge in [0.2, 0.25) is 20.0 Å². The minimum atomic E-state index is -3.89. The topological polar surface area (TPSA) is 95.6 Å². The minimum Gasteiger partial charge on any atom is -0.315 e. The summed E-state index contributed by atoms with van der Waals surface area (Å²) in [6, 6.07) is 5.78. The summed E-state index contributed by atoms with van der Waals surface area (Å²) in [5.74, 6) is 0. The maximum absolute atomic E-state index is 12.7. The van der Waals surface area contributed by atoms with Crippen LogP contribution >= 0.6 is 0 Å². The van der Waals surface area contributed by atoms with Gasteiger partial charge in [-0.1, -0.05) is 19.1 Å². The molecular weight excluding hydrogens is 350 g/mol. The summed E-state index contributed by atoms with van der Waals surface area (Å²) in [4.78, 5) is -0.340. The fourth-order valence-corrected chi connectivity index (χ4v) is 5.96. The summed E-state index contributed by atoms with van der Waals surface area (Å²) in [5, 5.41) is 3.10. The van der Waals surface area contributed by atoms with Gasteiger partial charge in [0.25, 0.3) is 0 Å². The van der Waals surface area contributed by atoms with Gasteiger partial charge in [0.15, 0.2) is 0 Å². The zero-order valence-electron chi connectivity index (χ0n) is 13.9. The number of rotatable bonds is 9. The van der Waals surface area contributed by atoms with E-state index in [1.165, 1.54) is 22.5 Å². The Morgan fingerprint density at radius 2 is 1.58 bits per heavy atom. The average Bonchev–Trinajstić information content (AvgIpc) is 3.10. The van der Waals surface area contributed by atoms with Crippen molar-refractivity contribution in [3.05, 3.63) is 24.3 Å². The lowest BCUT2D eigenvalue weighted by Crippen LogP contribution is -2.34. The first-order valence-corrected chi connectivity index (χ1v) is 11.1. The molecule has 136 valence electrons. The molecule has 0 spiro atoms. The molecule has 0 aromatic heterocycles. The second-order valence-corrected chi connectivity index (χ2v) is 9.35. The summed E-state index contributed by atoms with van der Waals surface area (Å²) in [5.41, 5.74) is 0. The molecule has 0 saturated carbocycles. The van der Waals surface area contributed by atoms with Crippen molar-refractivity contribution in [2.24, 2.45) is 0 Å². The number of benzene rings is 1. The molecule has 0 unspecified atom stereocenters. The van der Waals surface area contributed by atoms with E-state index in [9.17, 15) is 16.8 Å². The lowest BCUT2D eigenvalue weighted by atomic mass is 10.4. The van der Waals surface area contributed by atoms with Gasteiger partial charge in [-0.3, -0.25) is 0 Å². The smallest absolute Gasteiger partial charge is 0.244 e. The number of nitrogens with zero attached hydrogens (tertiary/aromatic N) is 1. The van der Waals surface area contributed by atoms with Crippen molar-refractivity contribution in [3.63, 3.8) is 0 Å². The fourth-order valence-electron chi connectivity index (χ4n) is 2.61. The lowest BCUT2D eigenvalue weighted by Gasteiger charge is -2.18. The zero-order valence-corrected chi connectivity index (χ0v) is 15.5. The summed E-state index contributed by atoms with van der Waals surface area (Å²) in [6.45, 7) is 4.41. The molecule has 0 aliphatic carbocycles. The van der Waals surface area contributed by atoms with Crippen molar-refractivity contribution in [1.82, 2.24) is 14.3 Å². The third kappa shape index (κ3) is 4.54. The fraction of sp³-hybridized carbons (Fsp3) is 0.600. The maximum atomic E-state index is 12.7. The molecule has 9 heteroatoms. The molecule has 0 atom stereocenters. The molecule has 2 N–H and O–H groups in total. The van der Waals surface area contributed by atoms with Gasteiger partial charge in [0.1, 0.15) is 9.79 Å². The molecule has 1 aromatic carbocycles. The van der Waals surface area contributed by atoms with Crippen LogP contribution in [0.1, 0.15) is 26.2 Å². The van der Waals surface area contributed by atoms with E-state index in [2.05, 4.69) is 10.0 Å². The molecule has 1 heterocycles. The van der Waals surface area contributed by atoms with E-state index in [1.807, 2.05) is 6.92 Å². The van der Waals surface area contributed by atoms with Gasteiger partial charge in [0, 0.05) is 26.2 Å². The van der Waals surface area contributed by atoms with E-state index >= 15 is 0 Å². The Labute approximate surface area is 144 Å². The largest absolute Gasteiger partial charge is 0.315 e. The van der Waals surface area contributed by atoms with E-state index in [0.29, 0.717) is 19.6 Å². The predicted octanol–water partition coefficient (Wildman–Crippen LogP) is 0.749. The Hall–Kier alpha value is -1.00. The first-order chi connectivity index (χ1) is 11.4. The Kier molecular flexibility index (Phi) is 6.76. The van der Waals surface area contributed by atoms with Crippen molar-refractivity contribution in [2.45, 2.75) is 36.0 Å². The summed E-state index contributed by atoms with van der Waals surface area (Å²) >= 11 is 0. The van der Waals surface area contributed by atoms with Gasteiger partial charge in [0.05, 0.1) is 0 Å². The van der Waals surface area contributed by atoms with Crippen LogP contribution in [0, 0.1) is 0 Å². The van der Waals surface area contributed by atoms with Crippen molar-refractivity contribution >= 4 is 20.0 Å². The Balaban J connectivity index is 2.21. The molecule has 1 aliphatic heterocycles. The standard InChI is InChI=1S/C15H25N3O4S2/c1-2-9-16-10-11-17-23(19,20)14-7-3-4-8-15(14)24(21,22)18-12-5-6-13-18/h3-4,7-8,16-17H,2,5-6,9-13H2,1H3. The monoisotopic (exact) mass is 375 g/mol. The van der Waals surface area contributed by atoms with Crippen molar-refractivity contribution in [1.29, 1.82) is 0 Å². The third-order valence-corrected chi connectivity index (χ3v) is 7.45. The van der Waals surface area contributed by atoms with Crippen molar-refractivity contribution in [3.8, 4) is 0 Å². The highest BCUT2D eigenvalue weighted by atomic mass is 32.2. The minimum absolute atomic E-state index is 0.152. The van der Waals surface area contributed by atoms with Crippen LogP contribution in [0.4, 0.5) is 0 Å². The molecule has 1 fully saturated rings. The van der Waals surface area contributed by atoms with E-state index in [-0.39, 0.29) is 16.3 Å². The van der Waals surface area contributed by atoms with Crippen LogP contribution < -0.4 is 10.0 Å². The van der Waals surface area contributed by atoms with Crippen LogP contribution in [-0.4, -0.2) is 53.9 Å². The number of sulfonamides is 2. The molecule has 0 radical (unpaired) electrons. The molecule has 2 rings (SSSR count). The van der Waals surface area contributed by atoms with E-state index in [0.717, 1.165) is 25.8 Å². The van der Waals surface area contributed by atoms with Gasteiger partial charge in [-0.2, -0.15) is 4.31 Å². The summed E-state index contributed by atoms with van der Waals surface area (Å²) < 4.78 is 54.3. The van der Waals surface area contributed by atoms with Crippen LogP contribution in [0.15, 0.2) is 34.1 Å². The molecule has 0 amide bonds. The second kappa shape index (κ2) is 8.39. The predicted molar refractivity (Wildman–Crippen MR) is 92.8 cm³/mol. The lowest BCUT2D eigenvalue weighted by molar-refractivity contribution is 0.474. The van der Waals surface area contributed by atoms with Gasteiger partial charge < -0.3 is 5.32 Å². The second-order valence-electron chi connectivity index (χ2n) is 5.71. The van der Waals surface area contributed by atoms with Crippen LogP contribution in [-0.2, 0) is 20.0 Å². The quantitative estimate of drug-likeness (QED) is 0.621. The van der Waals surface area contributed by atoms with E-state index in [4.69, 9.17) is 0 Å². The van der Waals surface area contributed by atoms with Crippen LogP contribution in [0.5, 0.6) is 0 Å². The number of hydrogen-bond acceptors (Lipinski definition) is 5. The highest BCUT2D eigenvalue weighted by Gasteiger charge is 2.32. The first-order valence-electron chi connectivity index (χ1n) is 8.19. The molecule has 24 heavy (non-hydrogen) atoms. The van der Waals surface area contributed by atoms with Crippen LogP contribution in [0.25, 0.3) is 0 Å². The van der Waals surface area contributed by atoms with Crippen LogP contribution in [0.2, 0.25) is 0 Å². The van der Waals surface area contributed by atoms with Crippen molar-refractivity contribution < 1.29 is 16.8 Å². The highest BCUT2D eigenvalue weighted by Crippen LogP contribution is 2.26. The van der Waals surface area contributed by atoms with Gasteiger partial charge in [-0.25, -0.2) is 21.6 Å². The van der Waals surface area contributed by atoms with Gasteiger partial charge in [-0.15, -0.1) is 0 Å². The molecule has 1 aliphatic rings. The van der Waals surface area contributed by atoms with Gasteiger partial charge in [-0.05, 0) is 37.9 Å². The Morgan fingerprint density at radius 3 is 2.21 bits per heavy atom. The van der Waals surface area contributed by atoms with Crippen LogP contribution in [0.3, 0.4) is 0 Å². The first kappa shape index (κ1) is 19.3. The number of hydrogen-bond donors (Lipinski definition) is 2. The summed E-state index contributed by atoms with van der Waals surface area (Å²) in [6.07, 6.45) is 2.56. The highest BCUT2D eigenvalue weighted by molar-refractivity contribution is 7.92. The zero-order chi connectivity index (χ0) is 17.6. The average molecular weight is 376 g/mol. The van der Waals surface area contributed by atoms with E-state index in [1.54, 1.807) is 6.07 Å². The Morgan fingerprint density at radius 1 is 0.958 bits per heavy atom.